The Bertz CT molecular complexity index is 1220. The van der Waals surface area contributed by atoms with E-state index in [1.165, 1.54) is 12.1 Å². The van der Waals surface area contributed by atoms with Gasteiger partial charge in [-0.05, 0) is 29.7 Å². The van der Waals surface area contributed by atoms with Crippen LogP contribution in [0.2, 0.25) is 0 Å². The van der Waals surface area contributed by atoms with Crippen LogP contribution in [-0.4, -0.2) is 69.9 Å². The summed E-state index contributed by atoms with van der Waals surface area (Å²) in [6.07, 6.45) is -1.36. The molecule has 14 nitrogen and oxygen atoms in total. The lowest BCUT2D eigenvalue weighted by molar-refractivity contribution is -0.144. The van der Waals surface area contributed by atoms with Crippen LogP contribution in [0.15, 0.2) is 54.6 Å². The van der Waals surface area contributed by atoms with Gasteiger partial charge in [0.15, 0.2) is 0 Å². The van der Waals surface area contributed by atoms with Crippen LogP contribution in [0.25, 0.3) is 0 Å². The highest BCUT2D eigenvalue weighted by Gasteiger charge is 2.32. The van der Waals surface area contributed by atoms with Crippen molar-refractivity contribution in [2.24, 2.45) is 17.2 Å². The molecular weight excluding hydrogens is 524 g/mol. The number of phenolic OH excluding ortho intramolecular Hbond substituents is 1. The summed E-state index contributed by atoms with van der Waals surface area (Å²) in [5.74, 6) is -6.17. The van der Waals surface area contributed by atoms with Crippen LogP contribution in [-0.2, 0) is 41.6 Å². The molecule has 5 amide bonds. The van der Waals surface area contributed by atoms with E-state index in [1.54, 1.807) is 42.5 Å². The molecule has 0 saturated heterocycles. The second kappa shape index (κ2) is 14.8. The van der Waals surface area contributed by atoms with Crippen LogP contribution >= 0.6 is 0 Å². The molecule has 0 radical (unpaired) electrons. The van der Waals surface area contributed by atoms with E-state index in [4.69, 9.17) is 17.2 Å². The second-order valence-electron chi connectivity index (χ2n) is 9.03. The van der Waals surface area contributed by atoms with Gasteiger partial charge in [-0.15, -0.1) is 0 Å². The van der Waals surface area contributed by atoms with E-state index < -0.39 is 72.5 Å². The fraction of sp³-hybridized carbons (Fsp3) is 0.308. The molecule has 0 aliphatic carbocycles. The summed E-state index contributed by atoms with van der Waals surface area (Å²) in [4.78, 5) is 73.2. The summed E-state index contributed by atoms with van der Waals surface area (Å²) in [5, 5.41) is 25.6. The number of aliphatic carboxylic acids is 1. The highest BCUT2D eigenvalue weighted by atomic mass is 16.4. The van der Waals surface area contributed by atoms with Crippen molar-refractivity contribution in [3.8, 4) is 5.75 Å². The van der Waals surface area contributed by atoms with Gasteiger partial charge >= 0.3 is 5.97 Å². The normalized spacial score (nSPS) is 13.6. The van der Waals surface area contributed by atoms with E-state index in [-0.39, 0.29) is 18.6 Å². The molecule has 2 aromatic rings. The Kier molecular flexibility index (Phi) is 11.6. The Morgan fingerprint density at radius 2 is 1.12 bits per heavy atom. The lowest BCUT2D eigenvalue weighted by Gasteiger charge is -2.25. The lowest BCUT2D eigenvalue weighted by Crippen LogP contribution is -2.58. The fourth-order valence-electron chi connectivity index (χ4n) is 3.67. The van der Waals surface area contributed by atoms with Gasteiger partial charge in [-0.1, -0.05) is 42.5 Å². The Hall–Kier alpha value is -4.98. The highest BCUT2D eigenvalue weighted by molar-refractivity contribution is 5.96. The first-order valence-corrected chi connectivity index (χ1v) is 12.1. The van der Waals surface area contributed by atoms with Gasteiger partial charge in [0.25, 0.3) is 0 Å². The molecule has 4 atom stereocenters. The number of nitrogens with one attached hydrogen (secondary N) is 3. The summed E-state index contributed by atoms with van der Waals surface area (Å²) in [5.41, 5.74) is 17.6. The molecule has 0 heterocycles. The molecule has 0 aromatic heterocycles. The molecule has 0 aliphatic heterocycles. The molecule has 40 heavy (non-hydrogen) atoms. The summed E-state index contributed by atoms with van der Waals surface area (Å²) in [6.45, 7) is 0. The quantitative estimate of drug-likeness (QED) is 0.118. The molecule has 11 N–H and O–H groups in total. The maximum atomic E-state index is 13.3. The first-order chi connectivity index (χ1) is 18.8. The number of carbonyl (C=O) groups is 6. The second-order valence-corrected chi connectivity index (χ2v) is 9.03. The lowest BCUT2D eigenvalue weighted by atomic mass is 10.0. The minimum absolute atomic E-state index is 0.0192. The summed E-state index contributed by atoms with van der Waals surface area (Å²) < 4.78 is 0. The molecule has 0 spiro atoms. The predicted molar refractivity (Wildman–Crippen MR) is 141 cm³/mol. The van der Waals surface area contributed by atoms with Crippen molar-refractivity contribution in [3.63, 3.8) is 0 Å². The van der Waals surface area contributed by atoms with Gasteiger partial charge in [0, 0.05) is 6.42 Å². The zero-order chi connectivity index (χ0) is 29.8. The number of nitrogens with two attached hydrogens (primary N) is 3. The van der Waals surface area contributed by atoms with Gasteiger partial charge < -0.3 is 43.4 Å². The van der Waals surface area contributed by atoms with Crippen LogP contribution in [0.5, 0.6) is 5.75 Å². The first-order valence-electron chi connectivity index (χ1n) is 12.1. The number of rotatable bonds is 15. The Morgan fingerprint density at radius 3 is 1.68 bits per heavy atom. The molecule has 2 aromatic carbocycles. The number of carboxylic acid groups (broad SMARTS) is 1. The van der Waals surface area contributed by atoms with Crippen LogP contribution in [0.1, 0.15) is 24.0 Å². The average molecular weight is 557 g/mol. The molecule has 0 fully saturated rings. The minimum Gasteiger partial charge on any atom is -0.508 e. The van der Waals surface area contributed by atoms with Crippen molar-refractivity contribution in [1.29, 1.82) is 0 Å². The number of carboxylic acids is 1. The van der Waals surface area contributed by atoms with E-state index in [2.05, 4.69) is 16.0 Å². The fourth-order valence-corrected chi connectivity index (χ4v) is 3.67. The van der Waals surface area contributed by atoms with Gasteiger partial charge in [0.2, 0.25) is 29.5 Å². The van der Waals surface area contributed by atoms with Crippen molar-refractivity contribution in [2.45, 2.75) is 49.9 Å². The number of benzene rings is 2. The Labute approximate surface area is 229 Å². The molecule has 0 bridgehead atoms. The van der Waals surface area contributed by atoms with Gasteiger partial charge in [-0.2, -0.15) is 0 Å². The number of primary amides is 2. The van der Waals surface area contributed by atoms with E-state index >= 15 is 0 Å². The monoisotopic (exact) mass is 556 g/mol. The third kappa shape index (κ3) is 10.4. The largest absolute Gasteiger partial charge is 0.508 e. The van der Waals surface area contributed by atoms with Crippen molar-refractivity contribution in [2.75, 3.05) is 0 Å². The van der Waals surface area contributed by atoms with Gasteiger partial charge in [-0.3, -0.25) is 24.0 Å². The van der Waals surface area contributed by atoms with Crippen LogP contribution in [0.4, 0.5) is 0 Å². The molecule has 4 unspecified atom stereocenters. The molecule has 0 saturated carbocycles. The highest BCUT2D eigenvalue weighted by Crippen LogP contribution is 2.11. The summed E-state index contributed by atoms with van der Waals surface area (Å²) in [6, 6.07) is 8.98. The SMILES string of the molecule is NC(=O)CC(NC(=O)C(CC(N)=O)NC(=O)C(Cc1ccccc1)NC(=O)C(N)Cc1ccc(O)cc1)C(=O)O. The smallest absolute Gasteiger partial charge is 0.326 e. The maximum Gasteiger partial charge on any atom is 0.326 e. The molecule has 2 rings (SSSR count). The van der Waals surface area contributed by atoms with Gasteiger partial charge in [0.05, 0.1) is 18.9 Å². The van der Waals surface area contributed by atoms with Crippen molar-refractivity contribution in [1.82, 2.24) is 16.0 Å². The van der Waals surface area contributed by atoms with Gasteiger partial charge in [0.1, 0.15) is 23.9 Å². The number of hydrogen-bond donors (Lipinski definition) is 8. The summed E-state index contributed by atoms with van der Waals surface area (Å²) in [7, 11) is 0. The zero-order valence-electron chi connectivity index (χ0n) is 21.4. The average Bonchev–Trinajstić information content (AvgIpc) is 2.88. The number of phenols is 1. The summed E-state index contributed by atoms with van der Waals surface area (Å²) >= 11 is 0. The van der Waals surface area contributed by atoms with Crippen molar-refractivity contribution < 1.29 is 39.0 Å². The zero-order valence-corrected chi connectivity index (χ0v) is 21.4. The predicted octanol–water partition coefficient (Wildman–Crippen LogP) is -2.21. The number of carbonyl (C=O) groups excluding carboxylic acids is 5. The third-order valence-corrected chi connectivity index (χ3v) is 5.70. The third-order valence-electron chi connectivity index (χ3n) is 5.70. The molecule has 14 heteroatoms. The van der Waals surface area contributed by atoms with Crippen LogP contribution in [0, 0.1) is 0 Å². The first kappa shape index (κ1) is 31.2. The maximum absolute atomic E-state index is 13.3. The number of amides is 5. The minimum atomic E-state index is -1.71. The molecular formula is C26H32N6O8. The van der Waals surface area contributed by atoms with E-state index in [9.17, 15) is 39.0 Å². The van der Waals surface area contributed by atoms with Gasteiger partial charge in [-0.25, -0.2) is 4.79 Å². The van der Waals surface area contributed by atoms with E-state index in [0.29, 0.717) is 11.1 Å². The number of aromatic hydroxyl groups is 1. The van der Waals surface area contributed by atoms with Crippen molar-refractivity contribution >= 4 is 35.5 Å². The topological polar surface area (TPSA) is 257 Å². The number of hydrogen-bond acceptors (Lipinski definition) is 8. The Balaban J connectivity index is 2.22. The standard InChI is InChI=1S/C26H32N6O8/c27-17(10-15-6-8-16(33)9-7-15)23(36)30-18(11-14-4-2-1-3-5-14)24(37)31-19(12-21(28)34)25(38)32-20(26(39)40)13-22(29)35/h1-9,17-20,33H,10-13,27H2,(H2,28,34)(H2,29,35)(H,30,36)(H,31,37)(H,32,38)(H,39,40). The van der Waals surface area contributed by atoms with E-state index in [1.807, 2.05) is 0 Å². The van der Waals surface area contributed by atoms with Crippen LogP contribution in [0.3, 0.4) is 0 Å². The van der Waals surface area contributed by atoms with Crippen LogP contribution < -0.4 is 33.2 Å². The molecule has 214 valence electrons. The van der Waals surface area contributed by atoms with E-state index in [0.717, 1.165) is 0 Å². The van der Waals surface area contributed by atoms with Crippen molar-refractivity contribution in [3.05, 3.63) is 65.7 Å². The molecule has 0 aliphatic rings. The Morgan fingerprint density at radius 1 is 0.650 bits per heavy atom.